The Morgan fingerprint density at radius 2 is 2.17 bits per heavy atom. The third kappa shape index (κ3) is 2.08. The third-order valence-corrected chi connectivity index (χ3v) is 1.81. The Morgan fingerprint density at radius 1 is 1.50 bits per heavy atom. The van der Waals surface area contributed by atoms with E-state index in [-0.39, 0.29) is 5.41 Å². The third-order valence-electron chi connectivity index (χ3n) is 1.81. The van der Waals surface area contributed by atoms with Crippen molar-refractivity contribution < 1.29 is 0 Å². The summed E-state index contributed by atoms with van der Waals surface area (Å²) in [7, 11) is 0. The zero-order valence-electron chi connectivity index (χ0n) is 8.02. The molecule has 0 fully saturated rings. The van der Waals surface area contributed by atoms with Crippen LogP contribution >= 0.6 is 0 Å². The van der Waals surface area contributed by atoms with E-state index in [1.54, 1.807) is 0 Å². The maximum Gasteiger partial charge on any atom is 0.0678 e. The van der Waals surface area contributed by atoms with Gasteiger partial charge in [0.05, 0.1) is 5.69 Å². The Hall–Kier alpha value is -0.830. The van der Waals surface area contributed by atoms with Gasteiger partial charge in [0.15, 0.2) is 0 Å². The lowest BCUT2D eigenvalue weighted by molar-refractivity contribution is 0.567. The van der Waals surface area contributed by atoms with E-state index < -0.39 is 0 Å². The van der Waals surface area contributed by atoms with Crippen molar-refractivity contribution >= 4 is 0 Å². The van der Waals surface area contributed by atoms with Gasteiger partial charge in [0.25, 0.3) is 0 Å². The first-order valence-electron chi connectivity index (χ1n) is 4.29. The molecule has 0 aromatic carbocycles. The van der Waals surface area contributed by atoms with E-state index in [9.17, 15) is 0 Å². The second-order valence-corrected chi connectivity index (χ2v) is 4.07. The van der Waals surface area contributed by atoms with Crippen molar-refractivity contribution in [3.05, 3.63) is 17.5 Å². The molecule has 0 bridgehead atoms. The van der Waals surface area contributed by atoms with Gasteiger partial charge in [-0.15, -0.1) is 0 Å². The molecule has 1 rings (SSSR count). The quantitative estimate of drug-likeness (QED) is 0.695. The van der Waals surface area contributed by atoms with Gasteiger partial charge < -0.3 is 5.73 Å². The number of nitrogens with one attached hydrogen (secondary N) is 1. The van der Waals surface area contributed by atoms with Gasteiger partial charge in [-0.1, -0.05) is 20.8 Å². The van der Waals surface area contributed by atoms with Gasteiger partial charge >= 0.3 is 0 Å². The Kier molecular flexibility index (Phi) is 2.52. The zero-order chi connectivity index (χ0) is 9.19. The van der Waals surface area contributed by atoms with Crippen molar-refractivity contribution in [3.63, 3.8) is 0 Å². The lowest BCUT2D eigenvalue weighted by atomic mass is 9.92. The van der Waals surface area contributed by atoms with E-state index in [2.05, 4.69) is 37.0 Å². The van der Waals surface area contributed by atoms with Gasteiger partial charge in [-0.2, -0.15) is 5.10 Å². The first kappa shape index (κ1) is 9.26. The summed E-state index contributed by atoms with van der Waals surface area (Å²) < 4.78 is 0. The molecule has 0 saturated heterocycles. The first-order chi connectivity index (χ1) is 5.54. The number of rotatable bonds is 2. The highest BCUT2D eigenvalue weighted by Gasteiger charge is 2.16. The average Bonchev–Trinajstić information content (AvgIpc) is 2.35. The van der Waals surface area contributed by atoms with Crippen molar-refractivity contribution in [2.45, 2.75) is 32.6 Å². The highest BCUT2D eigenvalue weighted by molar-refractivity contribution is 5.16. The normalized spacial score (nSPS) is 12.0. The SMILES string of the molecule is CC(C)(C)c1cc(CCN)[nH]n1. The van der Waals surface area contributed by atoms with Gasteiger partial charge in [0.1, 0.15) is 0 Å². The predicted octanol–water partition coefficient (Wildman–Crippen LogP) is 1.21. The molecule has 0 unspecified atom stereocenters. The molecule has 3 heteroatoms. The standard InChI is InChI=1S/C9H17N3/c1-9(2,3)8-6-7(4-5-10)11-12-8/h6H,4-5,10H2,1-3H3,(H,11,12). The predicted molar refractivity (Wildman–Crippen MR) is 50.0 cm³/mol. The molecule has 3 nitrogen and oxygen atoms in total. The number of hydrogen-bond acceptors (Lipinski definition) is 2. The Morgan fingerprint density at radius 3 is 2.58 bits per heavy atom. The molecule has 0 aliphatic heterocycles. The number of nitrogens with zero attached hydrogens (tertiary/aromatic N) is 1. The van der Waals surface area contributed by atoms with Crippen molar-refractivity contribution in [2.75, 3.05) is 6.54 Å². The van der Waals surface area contributed by atoms with Crippen LogP contribution in [0.4, 0.5) is 0 Å². The molecule has 0 radical (unpaired) electrons. The lowest BCUT2D eigenvalue weighted by Gasteiger charge is -2.13. The van der Waals surface area contributed by atoms with Crippen LogP contribution in [0.5, 0.6) is 0 Å². The summed E-state index contributed by atoms with van der Waals surface area (Å²) in [6, 6.07) is 2.09. The highest BCUT2D eigenvalue weighted by Crippen LogP contribution is 2.20. The van der Waals surface area contributed by atoms with Crippen LogP contribution in [0.1, 0.15) is 32.2 Å². The summed E-state index contributed by atoms with van der Waals surface area (Å²) >= 11 is 0. The van der Waals surface area contributed by atoms with Crippen LogP contribution in [0.2, 0.25) is 0 Å². The molecule has 1 aromatic rings. The summed E-state index contributed by atoms with van der Waals surface area (Å²) in [4.78, 5) is 0. The zero-order valence-corrected chi connectivity index (χ0v) is 8.02. The number of aromatic amines is 1. The van der Waals surface area contributed by atoms with E-state index in [1.165, 1.54) is 0 Å². The van der Waals surface area contributed by atoms with E-state index in [0.717, 1.165) is 17.8 Å². The van der Waals surface area contributed by atoms with E-state index in [4.69, 9.17) is 5.73 Å². The first-order valence-corrected chi connectivity index (χ1v) is 4.29. The maximum atomic E-state index is 5.43. The fraction of sp³-hybridized carbons (Fsp3) is 0.667. The molecule has 12 heavy (non-hydrogen) atoms. The lowest BCUT2D eigenvalue weighted by Crippen LogP contribution is -2.11. The summed E-state index contributed by atoms with van der Waals surface area (Å²) in [6.07, 6.45) is 0.878. The van der Waals surface area contributed by atoms with Crippen LogP contribution in [-0.2, 0) is 11.8 Å². The summed E-state index contributed by atoms with van der Waals surface area (Å²) in [5, 5.41) is 7.21. The molecule has 0 amide bonds. The largest absolute Gasteiger partial charge is 0.330 e. The number of H-pyrrole nitrogens is 1. The number of nitrogens with two attached hydrogens (primary N) is 1. The summed E-state index contributed by atoms with van der Waals surface area (Å²) in [5.74, 6) is 0. The molecule has 0 saturated carbocycles. The average molecular weight is 167 g/mol. The van der Waals surface area contributed by atoms with Gasteiger partial charge in [0.2, 0.25) is 0 Å². The molecule has 3 N–H and O–H groups in total. The molecule has 1 aromatic heterocycles. The Labute approximate surface area is 73.4 Å². The number of aromatic nitrogens is 2. The van der Waals surface area contributed by atoms with Crippen molar-refractivity contribution in [3.8, 4) is 0 Å². The van der Waals surface area contributed by atoms with Crippen molar-refractivity contribution in [2.24, 2.45) is 5.73 Å². The summed E-state index contributed by atoms with van der Waals surface area (Å²) in [5.41, 5.74) is 7.79. The fourth-order valence-electron chi connectivity index (χ4n) is 1.03. The highest BCUT2D eigenvalue weighted by atomic mass is 15.1. The minimum Gasteiger partial charge on any atom is -0.330 e. The second kappa shape index (κ2) is 3.27. The minimum absolute atomic E-state index is 0.128. The van der Waals surface area contributed by atoms with Crippen LogP contribution in [0.25, 0.3) is 0 Å². The van der Waals surface area contributed by atoms with Gasteiger partial charge in [-0.25, -0.2) is 0 Å². The molecule has 0 spiro atoms. The van der Waals surface area contributed by atoms with Crippen molar-refractivity contribution in [1.29, 1.82) is 0 Å². The Bertz CT molecular complexity index is 245. The van der Waals surface area contributed by atoms with Crippen LogP contribution in [0.3, 0.4) is 0 Å². The van der Waals surface area contributed by atoms with Crippen LogP contribution in [0.15, 0.2) is 6.07 Å². The molecule has 0 atom stereocenters. The van der Waals surface area contributed by atoms with Gasteiger partial charge in [-0.05, 0) is 12.6 Å². The minimum atomic E-state index is 0.128. The number of hydrogen-bond donors (Lipinski definition) is 2. The Balaban J connectivity index is 2.77. The maximum absolute atomic E-state index is 5.43. The van der Waals surface area contributed by atoms with Crippen LogP contribution in [0, 0.1) is 0 Å². The molecular weight excluding hydrogens is 150 g/mol. The molecular formula is C9H17N3. The molecule has 0 aliphatic carbocycles. The van der Waals surface area contributed by atoms with Crippen molar-refractivity contribution in [1.82, 2.24) is 10.2 Å². The molecule has 68 valence electrons. The van der Waals surface area contributed by atoms with Crippen LogP contribution < -0.4 is 5.73 Å². The molecule has 0 aliphatic rings. The topological polar surface area (TPSA) is 54.7 Å². The van der Waals surface area contributed by atoms with E-state index in [1.807, 2.05) is 0 Å². The second-order valence-electron chi connectivity index (χ2n) is 4.07. The van der Waals surface area contributed by atoms with Gasteiger partial charge in [0, 0.05) is 17.5 Å². The van der Waals surface area contributed by atoms with E-state index >= 15 is 0 Å². The summed E-state index contributed by atoms with van der Waals surface area (Å²) in [6.45, 7) is 7.12. The van der Waals surface area contributed by atoms with Gasteiger partial charge in [-0.3, -0.25) is 5.10 Å². The fourth-order valence-corrected chi connectivity index (χ4v) is 1.03. The van der Waals surface area contributed by atoms with E-state index in [0.29, 0.717) is 6.54 Å². The smallest absolute Gasteiger partial charge is 0.0678 e. The molecule has 1 heterocycles. The monoisotopic (exact) mass is 167 g/mol. The van der Waals surface area contributed by atoms with Crippen LogP contribution in [-0.4, -0.2) is 16.7 Å².